The highest BCUT2D eigenvalue weighted by Crippen LogP contribution is 2.19. The van der Waals surface area contributed by atoms with Crippen LogP contribution < -0.4 is 4.72 Å². The number of hydrogen-bond donors (Lipinski definition) is 2. The summed E-state index contributed by atoms with van der Waals surface area (Å²) in [5.41, 5.74) is 0. The summed E-state index contributed by atoms with van der Waals surface area (Å²) >= 11 is 0. The molecule has 18 heavy (non-hydrogen) atoms. The Morgan fingerprint density at radius 1 is 1.33 bits per heavy atom. The minimum atomic E-state index is -3.59. The van der Waals surface area contributed by atoms with Crippen LogP contribution in [-0.4, -0.2) is 47.5 Å². The zero-order chi connectivity index (χ0) is 13.0. The maximum atomic E-state index is 12.0. The highest BCUT2D eigenvalue weighted by molar-refractivity contribution is 7.90. The van der Waals surface area contributed by atoms with Gasteiger partial charge in [0, 0.05) is 32.1 Å². The molecule has 0 aromatic carbocycles. The normalized spacial score (nSPS) is 18.7. The molecule has 2 rings (SSSR count). The number of nitrogens with one attached hydrogen (secondary N) is 1. The minimum absolute atomic E-state index is 0.0711. The average molecular weight is 272 g/mol. The van der Waals surface area contributed by atoms with Gasteiger partial charge in [0.15, 0.2) is 0 Å². The molecule has 0 aliphatic carbocycles. The predicted octanol–water partition coefficient (Wildman–Crippen LogP) is -0.162. The van der Waals surface area contributed by atoms with Crippen molar-refractivity contribution in [1.29, 1.82) is 0 Å². The molecule has 8 heteroatoms. The predicted molar refractivity (Wildman–Crippen MR) is 66.0 cm³/mol. The molecule has 0 unspecified atom stereocenters. The van der Waals surface area contributed by atoms with Crippen LogP contribution in [0.3, 0.4) is 0 Å². The summed E-state index contributed by atoms with van der Waals surface area (Å²) in [6, 6.07) is 1.62. The largest absolute Gasteiger partial charge is 0.396 e. The Morgan fingerprint density at radius 2 is 1.94 bits per heavy atom. The third-order valence-corrected chi connectivity index (χ3v) is 4.44. The summed E-state index contributed by atoms with van der Waals surface area (Å²) in [6.45, 7) is 0.934. The Morgan fingerprint density at radius 3 is 2.50 bits per heavy atom. The number of nitrogens with zero attached hydrogens (tertiary/aromatic N) is 3. The molecular weight excluding hydrogens is 256 g/mol. The first-order valence-corrected chi connectivity index (χ1v) is 7.21. The van der Waals surface area contributed by atoms with Crippen molar-refractivity contribution in [3.63, 3.8) is 0 Å². The minimum Gasteiger partial charge on any atom is -0.396 e. The van der Waals surface area contributed by atoms with E-state index in [0.717, 1.165) is 0 Å². The highest BCUT2D eigenvalue weighted by Gasteiger charge is 2.28. The SMILES string of the molecule is O=S(=O)(Nc1ncccn1)N1CCC(CO)CC1. The van der Waals surface area contributed by atoms with Crippen LogP contribution in [0.5, 0.6) is 0 Å². The lowest BCUT2D eigenvalue weighted by molar-refractivity contribution is 0.170. The Labute approximate surface area is 106 Å². The van der Waals surface area contributed by atoms with Crippen LogP contribution in [0.4, 0.5) is 5.95 Å². The van der Waals surface area contributed by atoms with Crippen molar-refractivity contribution in [2.24, 2.45) is 5.92 Å². The molecule has 1 aromatic rings. The van der Waals surface area contributed by atoms with Crippen molar-refractivity contribution >= 4 is 16.2 Å². The maximum Gasteiger partial charge on any atom is 0.303 e. The lowest BCUT2D eigenvalue weighted by Gasteiger charge is -2.29. The highest BCUT2D eigenvalue weighted by atomic mass is 32.2. The average Bonchev–Trinajstić information content (AvgIpc) is 2.39. The first-order chi connectivity index (χ1) is 8.62. The first-order valence-electron chi connectivity index (χ1n) is 5.77. The summed E-state index contributed by atoms with van der Waals surface area (Å²) in [6.07, 6.45) is 4.30. The van der Waals surface area contributed by atoms with Gasteiger partial charge >= 0.3 is 10.2 Å². The van der Waals surface area contributed by atoms with Crippen LogP contribution >= 0.6 is 0 Å². The number of piperidine rings is 1. The monoisotopic (exact) mass is 272 g/mol. The molecule has 2 heterocycles. The van der Waals surface area contributed by atoms with E-state index in [4.69, 9.17) is 5.11 Å². The van der Waals surface area contributed by atoms with Crippen LogP contribution in [0.25, 0.3) is 0 Å². The maximum absolute atomic E-state index is 12.0. The van der Waals surface area contributed by atoms with E-state index in [-0.39, 0.29) is 18.5 Å². The molecule has 0 atom stereocenters. The second-order valence-electron chi connectivity index (χ2n) is 4.20. The second-order valence-corrected chi connectivity index (χ2v) is 5.88. The molecule has 1 aliphatic rings. The molecule has 0 spiro atoms. The van der Waals surface area contributed by atoms with Crippen LogP contribution in [0, 0.1) is 5.92 Å². The molecule has 0 radical (unpaired) electrons. The van der Waals surface area contributed by atoms with Crippen molar-refractivity contribution in [1.82, 2.24) is 14.3 Å². The number of anilines is 1. The Balaban J connectivity index is 2.00. The smallest absolute Gasteiger partial charge is 0.303 e. The van der Waals surface area contributed by atoms with Crippen LogP contribution in [0.1, 0.15) is 12.8 Å². The van der Waals surface area contributed by atoms with Gasteiger partial charge in [-0.05, 0) is 24.8 Å². The van der Waals surface area contributed by atoms with Crippen LogP contribution in [0.2, 0.25) is 0 Å². The van der Waals surface area contributed by atoms with Crippen molar-refractivity contribution in [3.8, 4) is 0 Å². The molecule has 1 saturated heterocycles. The fourth-order valence-electron chi connectivity index (χ4n) is 1.86. The van der Waals surface area contributed by atoms with Gasteiger partial charge in [0.05, 0.1) is 0 Å². The second kappa shape index (κ2) is 5.59. The van der Waals surface area contributed by atoms with E-state index >= 15 is 0 Å². The van der Waals surface area contributed by atoms with Gasteiger partial charge in [-0.15, -0.1) is 0 Å². The van der Waals surface area contributed by atoms with E-state index in [1.807, 2.05) is 0 Å². The van der Waals surface area contributed by atoms with E-state index in [1.165, 1.54) is 16.7 Å². The topological polar surface area (TPSA) is 95.4 Å². The summed E-state index contributed by atoms with van der Waals surface area (Å²) < 4.78 is 27.7. The molecule has 1 aliphatic heterocycles. The van der Waals surface area contributed by atoms with Gasteiger partial charge in [-0.1, -0.05) is 0 Å². The first kappa shape index (κ1) is 13.2. The number of aliphatic hydroxyl groups excluding tert-OH is 1. The van der Waals surface area contributed by atoms with Gasteiger partial charge in [0.2, 0.25) is 5.95 Å². The van der Waals surface area contributed by atoms with Crippen molar-refractivity contribution < 1.29 is 13.5 Å². The number of aromatic nitrogens is 2. The van der Waals surface area contributed by atoms with Gasteiger partial charge in [-0.2, -0.15) is 12.7 Å². The van der Waals surface area contributed by atoms with Gasteiger partial charge in [0.1, 0.15) is 0 Å². The molecular formula is C10H16N4O3S. The van der Waals surface area contributed by atoms with Crippen molar-refractivity contribution in [2.45, 2.75) is 12.8 Å². The zero-order valence-electron chi connectivity index (χ0n) is 9.86. The molecule has 0 bridgehead atoms. The molecule has 0 saturated carbocycles. The number of rotatable bonds is 4. The fourth-order valence-corrected chi connectivity index (χ4v) is 3.02. The lowest BCUT2D eigenvalue weighted by atomic mass is 10.00. The Kier molecular flexibility index (Phi) is 4.10. The molecule has 100 valence electrons. The van der Waals surface area contributed by atoms with Gasteiger partial charge < -0.3 is 5.11 Å². The number of hydrogen-bond acceptors (Lipinski definition) is 5. The van der Waals surface area contributed by atoms with E-state index in [1.54, 1.807) is 6.07 Å². The fraction of sp³-hybridized carbons (Fsp3) is 0.600. The van der Waals surface area contributed by atoms with Gasteiger partial charge in [0.25, 0.3) is 0 Å². The summed E-state index contributed by atoms with van der Waals surface area (Å²) in [5.74, 6) is 0.270. The lowest BCUT2D eigenvalue weighted by Crippen LogP contribution is -2.42. The van der Waals surface area contributed by atoms with E-state index < -0.39 is 10.2 Å². The summed E-state index contributed by atoms with van der Waals surface area (Å²) in [5, 5.41) is 9.01. The third kappa shape index (κ3) is 3.15. The Bertz CT molecular complexity index is 471. The van der Waals surface area contributed by atoms with Crippen molar-refractivity contribution in [3.05, 3.63) is 18.5 Å². The molecule has 1 fully saturated rings. The van der Waals surface area contributed by atoms with Crippen LogP contribution in [0.15, 0.2) is 18.5 Å². The Hall–Kier alpha value is -1.25. The zero-order valence-corrected chi connectivity index (χ0v) is 10.7. The van der Waals surface area contributed by atoms with Crippen LogP contribution in [-0.2, 0) is 10.2 Å². The quantitative estimate of drug-likeness (QED) is 0.794. The van der Waals surface area contributed by atoms with E-state index in [0.29, 0.717) is 25.9 Å². The van der Waals surface area contributed by atoms with Gasteiger partial charge in [-0.25, -0.2) is 14.7 Å². The summed E-state index contributed by atoms with van der Waals surface area (Å²) in [7, 11) is -3.59. The molecule has 1 aromatic heterocycles. The molecule has 7 nitrogen and oxygen atoms in total. The summed E-state index contributed by atoms with van der Waals surface area (Å²) in [4.78, 5) is 7.64. The molecule has 2 N–H and O–H groups in total. The van der Waals surface area contributed by atoms with E-state index in [9.17, 15) is 8.42 Å². The third-order valence-electron chi connectivity index (χ3n) is 2.96. The van der Waals surface area contributed by atoms with E-state index in [2.05, 4.69) is 14.7 Å². The van der Waals surface area contributed by atoms with Gasteiger partial charge in [-0.3, -0.25) is 0 Å². The number of aliphatic hydroxyl groups is 1. The van der Waals surface area contributed by atoms with Crippen molar-refractivity contribution in [2.75, 3.05) is 24.4 Å². The standard InChI is InChI=1S/C10H16N4O3S/c15-8-9-2-6-14(7-3-9)18(16,17)13-10-11-4-1-5-12-10/h1,4-5,9,15H,2-3,6-8H2,(H,11,12,13). The molecule has 0 amide bonds.